The van der Waals surface area contributed by atoms with Gasteiger partial charge in [-0.2, -0.15) is 0 Å². The first-order valence-corrected chi connectivity index (χ1v) is 9.26. The Kier molecular flexibility index (Phi) is 6.19. The Hall–Kier alpha value is -2.73. The average Bonchev–Trinajstić information content (AvgIpc) is 2.67. The smallest absolute Gasteiger partial charge is 0.166 e. The third kappa shape index (κ3) is 4.71. The van der Waals surface area contributed by atoms with Crippen LogP contribution in [0, 0.1) is 29.3 Å². The third-order valence-corrected chi connectivity index (χ3v) is 4.60. The second-order valence-corrected chi connectivity index (χ2v) is 6.67. The lowest BCUT2D eigenvalue weighted by atomic mass is 10.0. The Morgan fingerprint density at radius 2 is 1.63 bits per heavy atom. The molecule has 0 saturated carbocycles. The van der Waals surface area contributed by atoms with Crippen molar-refractivity contribution in [3.63, 3.8) is 0 Å². The van der Waals surface area contributed by atoms with E-state index >= 15 is 0 Å². The van der Waals surface area contributed by atoms with Crippen LogP contribution in [-0.4, -0.2) is 0 Å². The Labute approximate surface area is 158 Å². The number of fused-ring (bicyclic) bond motifs is 1. The van der Waals surface area contributed by atoms with E-state index in [9.17, 15) is 13.2 Å². The van der Waals surface area contributed by atoms with Gasteiger partial charge in [-0.05, 0) is 54.1 Å². The van der Waals surface area contributed by atoms with Crippen LogP contribution >= 0.6 is 0 Å². The van der Waals surface area contributed by atoms with E-state index in [0.29, 0.717) is 16.5 Å². The number of unbranched alkanes of at least 4 members (excludes halogenated alkanes) is 3. The number of rotatable bonds is 5. The first-order chi connectivity index (χ1) is 13.1. The molecule has 27 heavy (non-hydrogen) atoms. The molecule has 0 heterocycles. The molecule has 0 unspecified atom stereocenters. The molecule has 0 aliphatic heterocycles. The van der Waals surface area contributed by atoms with Crippen LogP contribution in [0.3, 0.4) is 0 Å². The summed E-state index contributed by atoms with van der Waals surface area (Å²) in [6, 6.07) is 12.5. The second-order valence-electron chi connectivity index (χ2n) is 6.67. The van der Waals surface area contributed by atoms with Crippen LogP contribution in [0.15, 0.2) is 48.5 Å². The van der Waals surface area contributed by atoms with Crippen LogP contribution < -0.4 is 0 Å². The average molecular weight is 366 g/mol. The minimum atomic E-state index is -0.877. The van der Waals surface area contributed by atoms with Crippen LogP contribution in [0.5, 0.6) is 0 Å². The fourth-order valence-electron chi connectivity index (χ4n) is 3.05. The van der Waals surface area contributed by atoms with Gasteiger partial charge in [0.25, 0.3) is 0 Å². The van der Waals surface area contributed by atoms with Gasteiger partial charge in [-0.25, -0.2) is 13.2 Å². The maximum absolute atomic E-state index is 14.3. The number of benzene rings is 3. The lowest BCUT2D eigenvalue weighted by Gasteiger charge is -2.03. The molecule has 0 atom stereocenters. The van der Waals surface area contributed by atoms with Gasteiger partial charge in [0.1, 0.15) is 5.82 Å². The zero-order chi connectivity index (χ0) is 19.2. The van der Waals surface area contributed by atoms with Gasteiger partial charge in [0.15, 0.2) is 11.6 Å². The van der Waals surface area contributed by atoms with E-state index in [-0.39, 0.29) is 11.2 Å². The molecule has 3 rings (SSSR count). The Bertz CT molecular complexity index is 1010. The molecule has 0 saturated heterocycles. The Morgan fingerprint density at radius 1 is 0.778 bits per heavy atom. The highest BCUT2D eigenvalue weighted by atomic mass is 19.2. The summed E-state index contributed by atoms with van der Waals surface area (Å²) in [6.45, 7) is 2.16. The quantitative estimate of drug-likeness (QED) is 0.345. The maximum atomic E-state index is 14.3. The summed E-state index contributed by atoms with van der Waals surface area (Å²) >= 11 is 0. The van der Waals surface area contributed by atoms with Gasteiger partial charge < -0.3 is 0 Å². The van der Waals surface area contributed by atoms with Crippen molar-refractivity contribution in [2.24, 2.45) is 0 Å². The molecular formula is C24H21F3. The normalized spacial score (nSPS) is 10.7. The summed E-state index contributed by atoms with van der Waals surface area (Å²) in [5, 5.41) is 0.766. The molecule has 0 amide bonds. The standard InChI is InChI=1S/C24H21F3/c1-2-3-4-5-6-17-7-10-19(23(26)16-17)11-8-18-9-13-21-20(15-18)12-14-22(25)24(21)27/h7,9-10,12-16H,2-6H2,1H3. The number of hydrogen-bond donors (Lipinski definition) is 0. The van der Waals surface area contributed by atoms with Crippen molar-refractivity contribution >= 4 is 10.8 Å². The predicted octanol–water partition coefficient (Wildman–Crippen LogP) is 6.78. The van der Waals surface area contributed by atoms with E-state index in [1.165, 1.54) is 25.0 Å². The first-order valence-electron chi connectivity index (χ1n) is 9.26. The van der Waals surface area contributed by atoms with Crippen molar-refractivity contribution in [1.82, 2.24) is 0 Å². The second kappa shape index (κ2) is 8.77. The van der Waals surface area contributed by atoms with Crippen LogP contribution in [0.25, 0.3) is 10.8 Å². The van der Waals surface area contributed by atoms with Gasteiger partial charge in [0.05, 0.1) is 5.56 Å². The Morgan fingerprint density at radius 3 is 2.41 bits per heavy atom. The zero-order valence-electron chi connectivity index (χ0n) is 15.3. The van der Waals surface area contributed by atoms with Gasteiger partial charge in [0, 0.05) is 10.9 Å². The van der Waals surface area contributed by atoms with Crippen molar-refractivity contribution in [3.8, 4) is 11.8 Å². The molecule has 0 aliphatic rings. The predicted molar refractivity (Wildman–Crippen MR) is 104 cm³/mol. The number of aryl methyl sites for hydroxylation is 1. The summed E-state index contributed by atoms with van der Waals surface area (Å²) in [7, 11) is 0. The topological polar surface area (TPSA) is 0 Å². The largest absolute Gasteiger partial charge is 0.206 e. The molecule has 0 aliphatic carbocycles. The molecule has 0 nitrogen and oxygen atoms in total. The number of halogens is 3. The molecule has 0 aromatic heterocycles. The summed E-state index contributed by atoms with van der Waals surface area (Å²) < 4.78 is 41.3. The van der Waals surface area contributed by atoms with E-state index < -0.39 is 11.6 Å². The fraction of sp³-hybridized carbons (Fsp3) is 0.250. The van der Waals surface area contributed by atoms with E-state index in [1.54, 1.807) is 24.3 Å². The van der Waals surface area contributed by atoms with Gasteiger partial charge in [-0.1, -0.05) is 56.2 Å². The van der Waals surface area contributed by atoms with E-state index in [1.807, 2.05) is 6.07 Å². The molecular weight excluding hydrogens is 345 g/mol. The number of hydrogen-bond acceptors (Lipinski definition) is 0. The van der Waals surface area contributed by atoms with Crippen molar-refractivity contribution in [2.45, 2.75) is 39.0 Å². The highest BCUT2D eigenvalue weighted by Gasteiger charge is 2.07. The Balaban J connectivity index is 1.77. The third-order valence-electron chi connectivity index (χ3n) is 4.60. The van der Waals surface area contributed by atoms with Gasteiger partial charge in [0.2, 0.25) is 0 Å². The van der Waals surface area contributed by atoms with E-state index in [4.69, 9.17) is 0 Å². The van der Waals surface area contributed by atoms with E-state index in [2.05, 4.69) is 18.8 Å². The van der Waals surface area contributed by atoms with Gasteiger partial charge >= 0.3 is 0 Å². The van der Waals surface area contributed by atoms with Crippen molar-refractivity contribution in [3.05, 3.63) is 82.7 Å². The highest BCUT2D eigenvalue weighted by Crippen LogP contribution is 2.21. The van der Waals surface area contributed by atoms with Crippen LogP contribution in [0.2, 0.25) is 0 Å². The monoisotopic (exact) mass is 366 g/mol. The summed E-state index contributed by atoms with van der Waals surface area (Å²) in [6.07, 6.45) is 5.48. The van der Waals surface area contributed by atoms with Crippen LogP contribution in [0.4, 0.5) is 13.2 Å². The first kappa shape index (κ1) is 19.0. The highest BCUT2D eigenvalue weighted by molar-refractivity contribution is 5.84. The molecule has 0 radical (unpaired) electrons. The maximum Gasteiger partial charge on any atom is 0.166 e. The zero-order valence-corrected chi connectivity index (χ0v) is 15.3. The molecule has 0 N–H and O–H groups in total. The van der Waals surface area contributed by atoms with E-state index in [0.717, 1.165) is 30.9 Å². The molecule has 0 fully saturated rings. The van der Waals surface area contributed by atoms with Crippen LogP contribution in [-0.2, 0) is 6.42 Å². The molecule has 3 heteroatoms. The van der Waals surface area contributed by atoms with Crippen molar-refractivity contribution in [1.29, 1.82) is 0 Å². The lowest BCUT2D eigenvalue weighted by molar-refractivity contribution is 0.517. The molecule has 0 bridgehead atoms. The van der Waals surface area contributed by atoms with Gasteiger partial charge in [-0.15, -0.1) is 0 Å². The van der Waals surface area contributed by atoms with Crippen molar-refractivity contribution < 1.29 is 13.2 Å². The molecule has 138 valence electrons. The lowest BCUT2D eigenvalue weighted by Crippen LogP contribution is -1.91. The minimum absolute atomic E-state index is 0.208. The van der Waals surface area contributed by atoms with Crippen molar-refractivity contribution in [2.75, 3.05) is 0 Å². The SMILES string of the molecule is CCCCCCc1ccc(C#Cc2ccc3c(F)c(F)ccc3c2)c(F)c1. The molecule has 3 aromatic carbocycles. The molecule has 0 spiro atoms. The summed E-state index contributed by atoms with van der Waals surface area (Å²) in [5.41, 5.74) is 1.94. The summed E-state index contributed by atoms with van der Waals surface area (Å²) in [4.78, 5) is 0. The fourth-order valence-corrected chi connectivity index (χ4v) is 3.05. The molecule has 3 aromatic rings. The van der Waals surface area contributed by atoms with Crippen LogP contribution in [0.1, 0.15) is 49.3 Å². The van der Waals surface area contributed by atoms with Gasteiger partial charge in [-0.3, -0.25) is 0 Å². The summed E-state index contributed by atoms with van der Waals surface area (Å²) in [5.74, 6) is 3.66. The minimum Gasteiger partial charge on any atom is -0.206 e.